The van der Waals surface area contributed by atoms with Gasteiger partial charge in [0.05, 0.1) is 6.26 Å². The van der Waals surface area contributed by atoms with Crippen LogP contribution in [0.3, 0.4) is 0 Å². The Balaban J connectivity index is 2.16. The molecule has 1 aliphatic rings. The lowest BCUT2D eigenvalue weighted by molar-refractivity contribution is -0.120. The second-order valence-corrected chi connectivity index (χ2v) is 7.47. The molecule has 1 aliphatic heterocycles. The molecule has 1 atom stereocenters. The Kier molecular flexibility index (Phi) is 5.38. The van der Waals surface area contributed by atoms with Crippen molar-refractivity contribution in [2.24, 2.45) is 0 Å². The number of nitrogens with zero attached hydrogens (tertiary/aromatic N) is 1. The molecule has 0 spiro atoms. The van der Waals surface area contributed by atoms with Gasteiger partial charge in [-0.25, -0.2) is 8.42 Å². The predicted molar refractivity (Wildman–Crippen MR) is 87.7 cm³/mol. The average molecular weight is 339 g/mol. The van der Waals surface area contributed by atoms with Crippen LogP contribution in [0.5, 0.6) is 0 Å². The molecule has 1 aromatic carbocycles. The smallest absolute Gasteiger partial charge is 0.251 e. The Bertz CT molecular complexity index is 702. The van der Waals surface area contributed by atoms with Gasteiger partial charge >= 0.3 is 0 Å². The van der Waals surface area contributed by atoms with Crippen molar-refractivity contribution in [3.63, 3.8) is 0 Å². The molecule has 1 fully saturated rings. The number of piperidine rings is 1. The van der Waals surface area contributed by atoms with E-state index in [9.17, 15) is 18.0 Å². The average Bonchev–Trinajstić information content (AvgIpc) is 2.53. The predicted octanol–water partition coefficient (Wildman–Crippen LogP) is 0.799. The number of nitrogens with one attached hydrogen (secondary N) is 2. The Morgan fingerprint density at radius 3 is 2.65 bits per heavy atom. The maximum Gasteiger partial charge on any atom is 0.251 e. The molecular weight excluding hydrogens is 318 g/mol. The molecule has 0 aliphatic carbocycles. The first-order valence-corrected chi connectivity index (χ1v) is 9.27. The summed E-state index contributed by atoms with van der Waals surface area (Å²) in [5, 5.41) is 5.22. The van der Waals surface area contributed by atoms with Crippen molar-refractivity contribution in [1.82, 2.24) is 9.62 Å². The van der Waals surface area contributed by atoms with Gasteiger partial charge in [0.1, 0.15) is 6.04 Å². The first kappa shape index (κ1) is 17.4. The molecule has 2 amide bonds. The highest BCUT2D eigenvalue weighted by atomic mass is 32.2. The minimum absolute atomic E-state index is 0.253. The Hall–Kier alpha value is -1.93. The van der Waals surface area contributed by atoms with Gasteiger partial charge in [-0.1, -0.05) is 12.5 Å². The third-order valence-electron chi connectivity index (χ3n) is 3.80. The van der Waals surface area contributed by atoms with Gasteiger partial charge in [0.25, 0.3) is 5.91 Å². The van der Waals surface area contributed by atoms with Gasteiger partial charge in [-0.15, -0.1) is 0 Å². The van der Waals surface area contributed by atoms with Gasteiger partial charge in [0.15, 0.2) is 0 Å². The number of anilines is 1. The van der Waals surface area contributed by atoms with Crippen molar-refractivity contribution in [3.8, 4) is 0 Å². The lowest BCUT2D eigenvalue weighted by atomic mass is 10.0. The number of carbonyl (C=O) groups excluding carboxylic acids is 2. The number of carbonyl (C=O) groups is 2. The summed E-state index contributed by atoms with van der Waals surface area (Å²) in [5.41, 5.74) is 0.893. The third kappa shape index (κ3) is 4.29. The van der Waals surface area contributed by atoms with E-state index in [1.807, 2.05) is 0 Å². The monoisotopic (exact) mass is 339 g/mol. The molecule has 0 bridgehead atoms. The molecule has 1 saturated heterocycles. The van der Waals surface area contributed by atoms with Crippen LogP contribution < -0.4 is 10.6 Å². The Morgan fingerprint density at radius 2 is 2.00 bits per heavy atom. The Morgan fingerprint density at radius 1 is 1.26 bits per heavy atom. The second-order valence-electron chi connectivity index (χ2n) is 5.53. The van der Waals surface area contributed by atoms with Gasteiger partial charge in [0, 0.05) is 24.8 Å². The van der Waals surface area contributed by atoms with Crippen LogP contribution in [-0.4, -0.2) is 50.4 Å². The van der Waals surface area contributed by atoms with E-state index >= 15 is 0 Å². The SMILES string of the molecule is CNC(=O)c1cccc(NC(=O)C2CCCCN2S(C)(=O)=O)c1. The zero-order chi connectivity index (χ0) is 17.0. The molecule has 8 heteroatoms. The van der Waals surface area contributed by atoms with Gasteiger partial charge < -0.3 is 10.6 Å². The number of sulfonamides is 1. The largest absolute Gasteiger partial charge is 0.355 e. The number of amides is 2. The fraction of sp³-hybridized carbons (Fsp3) is 0.467. The molecule has 0 saturated carbocycles. The molecule has 7 nitrogen and oxygen atoms in total. The van der Waals surface area contributed by atoms with E-state index in [1.54, 1.807) is 24.3 Å². The summed E-state index contributed by atoms with van der Waals surface area (Å²) in [6, 6.07) is 5.82. The van der Waals surface area contributed by atoms with E-state index in [4.69, 9.17) is 0 Å². The molecule has 1 heterocycles. The summed E-state index contributed by atoms with van der Waals surface area (Å²) in [6.07, 6.45) is 3.17. The van der Waals surface area contributed by atoms with E-state index in [-0.39, 0.29) is 11.8 Å². The van der Waals surface area contributed by atoms with Crippen molar-refractivity contribution in [2.45, 2.75) is 25.3 Å². The van der Waals surface area contributed by atoms with Crippen molar-refractivity contribution >= 4 is 27.5 Å². The van der Waals surface area contributed by atoms with E-state index in [0.717, 1.165) is 19.1 Å². The molecule has 0 aromatic heterocycles. The van der Waals surface area contributed by atoms with Crippen molar-refractivity contribution < 1.29 is 18.0 Å². The van der Waals surface area contributed by atoms with E-state index < -0.39 is 16.1 Å². The summed E-state index contributed by atoms with van der Waals surface area (Å²) in [4.78, 5) is 24.1. The summed E-state index contributed by atoms with van der Waals surface area (Å²) in [7, 11) is -1.90. The minimum atomic E-state index is -3.43. The molecule has 126 valence electrons. The maximum atomic E-state index is 12.5. The highest BCUT2D eigenvalue weighted by Gasteiger charge is 2.34. The highest BCUT2D eigenvalue weighted by Crippen LogP contribution is 2.21. The topological polar surface area (TPSA) is 95.6 Å². The van der Waals surface area contributed by atoms with Crippen LogP contribution in [0.2, 0.25) is 0 Å². The van der Waals surface area contributed by atoms with Crippen LogP contribution in [0.1, 0.15) is 29.6 Å². The quantitative estimate of drug-likeness (QED) is 0.848. The summed E-state index contributed by atoms with van der Waals surface area (Å²) in [5.74, 6) is -0.624. The van der Waals surface area contributed by atoms with E-state index in [1.165, 1.54) is 11.4 Å². The molecular formula is C15H21N3O4S. The molecule has 23 heavy (non-hydrogen) atoms. The lowest BCUT2D eigenvalue weighted by Crippen LogP contribution is -2.49. The Labute approximate surface area is 136 Å². The zero-order valence-corrected chi connectivity index (χ0v) is 14.0. The third-order valence-corrected chi connectivity index (χ3v) is 5.09. The number of hydrogen-bond donors (Lipinski definition) is 2. The number of hydrogen-bond acceptors (Lipinski definition) is 4. The van der Waals surface area contributed by atoms with Crippen LogP contribution in [-0.2, 0) is 14.8 Å². The van der Waals surface area contributed by atoms with Crippen LogP contribution in [0.4, 0.5) is 5.69 Å². The first-order valence-electron chi connectivity index (χ1n) is 7.43. The molecule has 0 radical (unpaired) electrons. The highest BCUT2D eigenvalue weighted by molar-refractivity contribution is 7.88. The lowest BCUT2D eigenvalue weighted by Gasteiger charge is -2.32. The maximum absolute atomic E-state index is 12.5. The van der Waals surface area contributed by atoms with Crippen LogP contribution in [0.25, 0.3) is 0 Å². The van der Waals surface area contributed by atoms with Gasteiger partial charge in [0.2, 0.25) is 15.9 Å². The van der Waals surface area contributed by atoms with Crippen molar-refractivity contribution in [3.05, 3.63) is 29.8 Å². The van der Waals surface area contributed by atoms with E-state index in [0.29, 0.717) is 24.2 Å². The standard InChI is InChI=1S/C15H21N3O4S/c1-16-14(19)11-6-5-7-12(10-11)17-15(20)13-8-3-4-9-18(13)23(2,21)22/h5-7,10,13H,3-4,8-9H2,1-2H3,(H,16,19)(H,17,20). The fourth-order valence-corrected chi connectivity index (χ4v) is 3.80. The second kappa shape index (κ2) is 7.10. The van der Waals surface area contributed by atoms with Gasteiger partial charge in [-0.05, 0) is 31.0 Å². The zero-order valence-electron chi connectivity index (χ0n) is 13.2. The number of rotatable bonds is 4. The summed E-state index contributed by atoms with van der Waals surface area (Å²) < 4.78 is 24.9. The molecule has 1 aromatic rings. The molecule has 1 unspecified atom stereocenters. The van der Waals surface area contributed by atoms with Crippen LogP contribution in [0.15, 0.2) is 24.3 Å². The first-order chi connectivity index (χ1) is 10.8. The normalized spacial score (nSPS) is 19.1. The van der Waals surface area contributed by atoms with Crippen LogP contribution >= 0.6 is 0 Å². The number of benzene rings is 1. The van der Waals surface area contributed by atoms with Gasteiger partial charge in [-0.3, -0.25) is 9.59 Å². The van der Waals surface area contributed by atoms with Crippen molar-refractivity contribution in [2.75, 3.05) is 25.2 Å². The molecule has 2 rings (SSSR count). The summed E-state index contributed by atoms with van der Waals surface area (Å²) in [6.45, 7) is 0.356. The molecule has 2 N–H and O–H groups in total. The summed E-state index contributed by atoms with van der Waals surface area (Å²) >= 11 is 0. The van der Waals surface area contributed by atoms with Crippen LogP contribution in [0, 0.1) is 0 Å². The van der Waals surface area contributed by atoms with Crippen molar-refractivity contribution in [1.29, 1.82) is 0 Å². The van der Waals surface area contributed by atoms with E-state index in [2.05, 4.69) is 10.6 Å². The fourth-order valence-electron chi connectivity index (χ4n) is 2.67. The van der Waals surface area contributed by atoms with Gasteiger partial charge in [-0.2, -0.15) is 4.31 Å². The minimum Gasteiger partial charge on any atom is -0.355 e.